The summed E-state index contributed by atoms with van der Waals surface area (Å²) in [4.78, 5) is 14.3. The van der Waals surface area contributed by atoms with Crippen LogP contribution in [0.2, 0.25) is 0 Å². The molecular formula is C12H16N4O3S. The first-order valence-corrected chi connectivity index (χ1v) is 7.35. The molecule has 1 aromatic heterocycles. The van der Waals surface area contributed by atoms with Crippen LogP contribution in [-0.4, -0.2) is 26.7 Å². The first kappa shape index (κ1) is 14.6. The van der Waals surface area contributed by atoms with Gasteiger partial charge in [-0.05, 0) is 18.8 Å². The summed E-state index contributed by atoms with van der Waals surface area (Å²) >= 11 is 1.50. The van der Waals surface area contributed by atoms with Crippen LogP contribution in [0, 0.1) is 16.0 Å². The van der Waals surface area contributed by atoms with Gasteiger partial charge in [-0.25, -0.2) is 4.98 Å². The van der Waals surface area contributed by atoms with Gasteiger partial charge in [-0.2, -0.15) is 0 Å². The number of rotatable bonds is 5. The molecule has 8 heteroatoms. The predicted octanol–water partition coefficient (Wildman–Crippen LogP) is 2.37. The van der Waals surface area contributed by atoms with Crippen molar-refractivity contribution in [2.75, 3.05) is 5.75 Å². The molecule has 1 aromatic rings. The van der Waals surface area contributed by atoms with Gasteiger partial charge in [0.15, 0.2) is 5.84 Å². The quantitative estimate of drug-likeness (QED) is 0.215. The number of aromatic nitrogens is 1. The van der Waals surface area contributed by atoms with Crippen molar-refractivity contribution in [2.24, 2.45) is 16.8 Å². The monoisotopic (exact) mass is 296 g/mol. The Morgan fingerprint density at radius 3 is 2.90 bits per heavy atom. The minimum atomic E-state index is -0.549. The number of nitro groups is 1. The number of pyridine rings is 1. The minimum absolute atomic E-state index is 0.157. The highest BCUT2D eigenvalue weighted by molar-refractivity contribution is 7.99. The van der Waals surface area contributed by atoms with Gasteiger partial charge < -0.3 is 10.9 Å². The molecule has 3 N–H and O–H groups in total. The summed E-state index contributed by atoms with van der Waals surface area (Å²) in [6.07, 6.45) is 6.13. The number of hydrogen-bond donors (Lipinski definition) is 2. The average Bonchev–Trinajstić information content (AvgIpc) is 2.97. The third-order valence-corrected chi connectivity index (χ3v) is 4.60. The molecule has 1 aliphatic carbocycles. The summed E-state index contributed by atoms with van der Waals surface area (Å²) in [6.45, 7) is 0. The first-order valence-electron chi connectivity index (χ1n) is 6.37. The molecule has 1 saturated carbocycles. The summed E-state index contributed by atoms with van der Waals surface area (Å²) < 4.78 is 0. The second kappa shape index (κ2) is 6.56. The summed E-state index contributed by atoms with van der Waals surface area (Å²) in [5.74, 6) is 1.39. The topological polar surface area (TPSA) is 115 Å². The van der Waals surface area contributed by atoms with E-state index in [9.17, 15) is 10.1 Å². The van der Waals surface area contributed by atoms with Crippen molar-refractivity contribution >= 4 is 23.3 Å². The maximum Gasteiger partial charge on any atom is 0.288 e. The SMILES string of the molecule is NC(=NO)c1cc([N+](=O)[O-])cnc1SCC1CCCC1. The van der Waals surface area contributed by atoms with Crippen molar-refractivity contribution in [3.63, 3.8) is 0 Å². The lowest BCUT2D eigenvalue weighted by Gasteiger charge is -2.10. The van der Waals surface area contributed by atoms with Crippen LogP contribution in [0.4, 0.5) is 5.69 Å². The zero-order valence-corrected chi connectivity index (χ0v) is 11.7. The fraction of sp³-hybridized carbons (Fsp3) is 0.500. The fourth-order valence-corrected chi connectivity index (χ4v) is 3.44. The molecule has 0 atom stereocenters. The van der Waals surface area contributed by atoms with Gasteiger partial charge in [0, 0.05) is 11.8 Å². The van der Waals surface area contributed by atoms with Crippen molar-refractivity contribution in [2.45, 2.75) is 30.7 Å². The van der Waals surface area contributed by atoms with E-state index in [1.165, 1.54) is 49.7 Å². The van der Waals surface area contributed by atoms with E-state index in [-0.39, 0.29) is 11.5 Å². The Morgan fingerprint density at radius 2 is 2.30 bits per heavy atom. The summed E-state index contributed by atoms with van der Waals surface area (Å²) in [5.41, 5.74) is 5.71. The average molecular weight is 296 g/mol. The van der Waals surface area contributed by atoms with Crippen LogP contribution in [0.1, 0.15) is 31.2 Å². The van der Waals surface area contributed by atoms with Gasteiger partial charge in [-0.15, -0.1) is 11.8 Å². The molecular weight excluding hydrogens is 280 g/mol. The van der Waals surface area contributed by atoms with E-state index in [1.807, 2.05) is 0 Å². The molecule has 0 saturated heterocycles. The van der Waals surface area contributed by atoms with Gasteiger partial charge in [-0.1, -0.05) is 18.0 Å². The Bertz CT molecular complexity index is 529. The van der Waals surface area contributed by atoms with Crippen LogP contribution < -0.4 is 5.73 Å². The highest BCUT2D eigenvalue weighted by Gasteiger charge is 2.19. The van der Waals surface area contributed by atoms with Gasteiger partial charge in [-0.3, -0.25) is 10.1 Å². The zero-order valence-electron chi connectivity index (χ0n) is 10.9. The van der Waals surface area contributed by atoms with Gasteiger partial charge in [0.2, 0.25) is 0 Å². The van der Waals surface area contributed by atoms with Crippen molar-refractivity contribution in [1.29, 1.82) is 0 Å². The van der Waals surface area contributed by atoms with E-state index in [0.717, 1.165) is 5.75 Å². The minimum Gasteiger partial charge on any atom is -0.409 e. The van der Waals surface area contributed by atoms with E-state index in [0.29, 0.717) is 16.5 Å². The van der Waals surface area contributed by atoms with E-state index >= 15 is 0 Å². The van der Waals surface area contributed by atoms with Crippen LogP contribution in [0.3, 0.4) is 0 Å². The number of nitrogens with zero attached hydrogens (tertiary/aromatic N) is 3. The molecule has 0 amide bonds. The highest BCUT2D eigenvalue weighted by Crippen LogP contribution is 2.32. The van der Waals surface area contributed by atoms with Crippen molar-refractivity contribution in [3.05, 3.63) is 27.9 Å². The summed E-state index contributed by atoms with van der Waals surface area (Å²) in [7, 11) is 0. The highest BCUT2D eigenvalue weighted by atomic mass is 32.2. The molecule has 1 heterocycles. The van der Waals surface area contributed by atoms with Crippen molar-refractivity contribution in [1.82, 2.24) is 4.98 Å². The number of nitrogens with two attached hydrogens (primary N) is 1. The number of thioether (sulfide) groups is 1. The summed E-state index contributed by atoms with van der Waals surface area (Å²) in [5, 5.41) is 23.0. The Kier molecular flexibility index (Phi) is 4.78. The van der Waals surface area contributed by atoms with Crippen LogP contribution in [0.25, 0.3) is 0 Å². The third-order valence-electron chi connectivity index (χ3n) is 3.36. The van der Waals surface area contributed by atoms with Crippen LogP contribution in [0.5, 0.6) is 0 Å². The Balaban J connectivity index is 2.19. The second-order valence-corrected chi connectivity index (χ2v) is 5.76. The van der Waals surface area contributed by atoms with Crippen LogP contribution in [-0.2, 0) is 0 Å². The van der Waals surface area contributed by atoms with Gasteiger partial charge in [0.05, 0.1) is 10.5 Å². The number of oxime groups is 1. The first-order chi connectivity index (χ1) is 9.61. The smallest absolute Gasteiger partial charge is 0.288 e. The molecule has 0 radical (unpaired) electrons. The molecule has 1 fully saturated rings. The number of amidine groups is 1. The number of hydrogen-bond acceptors (Lipinski definition) is 6. The lowest BCUT2D eigenvalue weighted by Crippen LogP contribution is -2.15. The molecule has 1 aliphatic rings. The van der Waals surface area contributed by atoms with E-state index < -0.39 is 4.92 Å². The van der Waals surface area contributed by atoms with Crippen molar-refractivity contribution in [3.8, 4) is 0 Å². The second-order valence-electron chi connectivity index (χ2n) is 4.75. The van der Waals surface area contributed by atoms with E-state index in [1.54, 1.807) is 0 Å². The maximum absolute atomic E-state index is 10.8. The Labute approximate surface area is 120 Å². The van der Waals surface area contributed by atoms with Crippen molar-refractivity contribution < 1.29 is 10.1 Å². The molecule has 0 unspecified atom stereocenters. The van der Waals surface area contributed by atoms with Gasteiger partial charge in [0.25, 0.3) is 5.69 Å². The zero-order chi connectivity index (χ0) is 14.5. The van der Waals surface area contributed by atoms with Gasteiger partial charge in [0.1, 0.15) is 11.2 Å². The Morgan fingerprint density at radius 1 is 1.60 bits per heavy atom. The molecule has 0 bridgehead atoms. The third kappa shape index (κ3) is 3.38. The molecule has 20 heavy (non-hydrogen) atoms. The molecule has 2 rings (SSSR count). The molecule has 0 spiro atoms. The Hall–Kier alpha value is -1.83. The maximum atomic E-state index is 10.8. The molecule has 0 aromatic carbocycles. The lowest BCUT2D eigenvalue weighted by atomic mass is 10.1. The molecule has 108 valence electrons. The van der Waals surface area contributed by atoms with E-state index in [2.05, 4.69) is 10.1 Å². The fourth-order valence-electron chi connectivity index (χ4n) is 2.27. The molecule has 0 aliphatic heterocycles. The lowest BCUT2D eigenvalue weighted by molar-refractivity contribution is -0.385. The molecule has 7 nitrogen and oxygen atoms in total. The standard InChI is InChI=1S/C12H16N4O3S/c13-11(15-17)10-5-9(16(18)19)6-14-12(10)20-7-8-3-1-2-4-8/h5-6,8,17H,1-4,7H2,(H2,13,15). The van der Waals surface area contributed by atoms with Gasteiger partial charge >= 0.3 is 0 Å². The van der Waals surface area contributed by atoms with Crippen LogP contribution in [0.15, 0.2) is 22.4 Å². The normalized spacial score (nSPS) is 16.5. The van der Waals surface area contributed by atoms with Crippen LogP contribution >= 0.6 is 11.8 Å². The van der Waals surface area contributed by atoms with E-state index in [4.69, 9.17) is 10.9 Å². The summed E-state index contributed by atoms with van der Waals surface area (Å²) in [6, 6.07) is 1.29. The predicted molar refractivity (Wildman–Crippen MR) is 76.1 cm³/mol. The largest absolute Gasteiger partial charge is 0.409 e.